The van der Waals surface area contributed by atoms with Crippen molar-refractivity contribution in [2.75, 3.05) is 0 Å². The van der Waals surface area contributed by atoms with E-state index in [0.29, 0.717) is 17.1 Å². The van der Waals surface area contributed by atoms with Crippen molar-refractivity contribution < 1.29 is 4.79 Å². The summed E-state index contributed by atoms with van der Waals surface area (Å²) in [6.45, 7) is 4.52. The van der Waals surface area contributed by atoms with E-state index in [1.54, 1.807) is 6.07 Å². The molecule has 1 aromatic carbocycles. The molecule has 1 amide bonds. The Morgan fingerprint density at radius 3 is 1.93 bits per heavy atom. The van der Waals surface area contributed by atoms with Gasteiger partial charge in [-0.25, -0.2) is 4.68 Å². The summed E-state index contributed by atoms with van der Waals surface area (Å²) in [6, 6.07) is 5.98. The maximum Gasteiger partial charge on any atom is 0.251 e. The summed E-state index contributed by atoms with van der Waals surface area (Å²) in [6.07, 6.45) is 19.3. The third kappa shape index (κ3) is 7.73. The summed E-state index contributed by atoms with van der Waals surface area (Å²) < 4.78 is 2.06. The molecule has 0 radical (unpaired) electrons. The van der Waals surface area contributed by atoms with Crippen molar-refractivity contribution in [3.63, 3.8) is 0 Å². The largest absolute Gasteiger partial charge is 0.366 e. The maximum atomic E-state index is 11.7. The van der Waals surface area contributed by atoms with Gasteiger partial charge in [0.25, 0.3) is 5.91 Å². The summed E-state index contributed by atoms with van der Waals surface area (Å²) in [5.74, 6) is -0.438. The van der Waals surface area contributed by atoms with Crippen molar-refractivity contribution in [2.45, 2.75) is 116 Å². The van der Waals surface area contributed by atoms with E-state index in [0.717, 1.165) is 18.4 Å². The molecule has 168 valence electrons. The maximum absolute atomic E-state index is 11.7. The molecule has 1 unspecified atom stereocenters. The molecular formula is C25H42N4O. The molecule has 0 saturated heterocycles. The number of nitrogens with zero attached hydrogens (tertiary/aromatic N) is 3. The molecule has 2 N–H and O–H groups in total. The second-order valence-electron chi connectivity index (χ2n) is 8.69. The number of unbranched alkanes of at least 4 members (excludes halogenated alkanes) is 11. The minimum atomic E-state index is -0.438. The third-order valence-corrected chi connectivity index (χ3v) is 6.15. The van der Waals surface area contributed by atoms with Gasteiger partial charge in [-0.15, -0.1) is 5.10 Å². The Labute approximate surface area is 182 Å². The van der Waals surface area contributed by atoms with Gasteiger partial charge >= 0.3 is 0 Å². The number of fused-ring (bicyclic) bond motifs is 1. The molecule has 0 saturated carbocycles. The van der Waals surface area contributed by atoms with Gasteiger partial charge in [0.15, 0.2) is 0 Å². The molecule has 1 aromatic heterocycles. The summed E-state index contributed by atoms with van der Waals surface area (Å²) in [4.78, 5) is 11.7. The lowest BCUT2D eigenvalue weighted by molar-refractivity contribution is 0.100. The molecule has 2 rings (SSSR count). The summed E-state index contributed by atoms with van der Waals surface area (Å²) in [7, 11) is 0. The van der Waals surface area contributed by atoms with Gasteiger partial charge in [-0.3, -0.25) is 4.79 Å². The first-order valence-corrected chi connectivity index (χ1v) is 12.3. The van der Waals surface area contributed by atoms with E-state index in [1.807, 2.05) is 12.1 Å². The van der Waals surface area contributed by atoms with Gasteiger partial charge in [0.1, 0.15) is 5.52 Å². The topological polar surface area (TPSA) is 73.8 Å². The van der Waals surface area contributed by atoms with E-state index < -0.39 is 5.91 Å². The molecule has 0 bridgehead atoms. The minimum absolute atomic E-state index is 0.347. The predicted octanol–water partition coefficient (Wildman–Crippen LogP) is 6.96. The quantitative estimate of drug-likeness (QED) is 0.284. The number of hydrogen-bond acceptors (Lipinski definition) is 3. The van der Waals surface area contributed by atoms with Crippen LogP contribution in [0.4, 0.5) is 0 Å². The van der Waals surface area contributed by atoms with Gasteiger partial charge in [0.05, 0.1) is 17.1 Å². The molecule has 2 aromatic rings. The smallest absolute Gasteiger partial charge is 0.251 e. The number of nitrogens with two attached hydrogens (primary N) is 1. The number of carbonyl (C=O) groups is 1. The number of benzene rings is 1. The Morgan fingerprint density at radius 1 is 0.867 bits per heavy atom. The van der Waals surface area contributed by atoms with Gasteiger partial charge in [0.2, 0.25) is 0 Å². The van der Waals surface area contributed by atoms with Crippen molar-refractivity contribution in [2.24, 2.45) is 5.73 Å². The Hall–Kier alpha value is -1.91. The monoisotopic (exact) mass is 414 g/mol. The number of rotatable bonds is 17. The van der Waals surface area contributed by atoms with Crippen molar-refractivity contribution in [3.8, 4) is 0 Å². The van der Waals surface area contributed by atoms with Crippen LogP contribution in [0.15, 0.2) is 18.2 Å². The molecule has 30 heavy (non-hydrogen) atoms. The second kappa shape index (κ2) is 14.2. The minimum Gasteiger partial charge on any atom is -0.366 e. The molecule has 0 aliphatic rings. The molecule has 5 heteroatoms. The average Bonchev–Trinajstić information content (AvgIpc) is 3.18. The first kappa shape index (κ1) is 24.4. The number of aromatic nitrogens is 3. The fourth-order valence-corrected chi connectivity index (χ4v) is 4.32. The van der Waals surface area contributed by atoms with Gasteiger partial charge in [-0.2, -0.15) is 0 Å². The van der Waals surface area contributed by atoms with Gasteiger partial charge in [-0.1, -0.05) is 109 Å². The highest BCUT2D eigenvalue weighted by atomic mass is 16.1. The molecule has 1 atom stereocenters. The van der Waals surface area contributed by atoms with Crippen LogP contribution in [0.1, 0.15) is 127 Å². The van der Waals surface area contributed by atoms with E-state index in [1.165, 1.54) is 83.5 Å². The molecule has 0 aliphatic heterocycles. The number of amides is 1. The lowest BCUT2D eigenvalue weighted by atomic mass is 9.99. The standard InChI is InChI=1S/C25H42N4O/c1-3-5-7-9-10-11-13-15-18-21(17-14-12-8-6-4-2)29-23-20-16-19-22(25(26)30)24(23)27-28-29/h16,19-21H,3-15,17-18H2,1-2H3,(H2,26,30). The number of carbonyl (C=O) groups excluding carboxylic acids is 1. The number of hydrogen-bond donors (Lipinski definition) is 1. The summed E-state index contributed by atoms with van der Waals surface area (Å²) >= 11 is 0. The first-order chi connectivity index (χ1) is 14.7. The normalized spacial score (nSPS) is 12.5. The van der Waals surface area contributed by atoms with Crippen LogP contribution in [0.3, 0.4) is 0 Å². The highest BCUT2D eigenvalue weighted by molar-refractivity contribution is 6.03. The lowest BCUT2D eigenvalue weighted by Crippen LogP contribution is -2.12. The lowest BCUT2D eigenvalue weighted by Gasteiger charge is -2.18. The van der Waals surface area contributed by atoms with E-state index in [9.17, 15) is 4.79 Å². The van der Waals surface area contributed by atoms with Gasteiger partial charge < -0.3 is 5.73 Å². The first-order valence-electron chi connectivity index (χ1n) is 12.3. The predicted molar refractivity (Wildman–Crippen MR) is 126 cm³/mol. The Kier molecular flexibility index (Phi) is 11.5. The van der Waals surface area contributed by atoms with Crippen LogP contribution >= 0.6 is 0 Å². The molecule has 0 fully saturated rings. The van der Waals surface area contributed by atoms with Gasteiger partial charge in [0, 0.05) is 0 Å². The van der Waals surface area contributed by atoms with Crippen LogP contribution in [0, 0.1) is 0 Å². The Morgan fingerprint density at radius 2 is 1.40 bits per heavy atom. The molecule has 1 heterocycles. The van der Waals surface area contributed by atoms with Crippen LogP contribution in [0.5, 0.6) is 0 Å². The van der Waals surface area contributed by atoms with E-state index >= 15 is 0 Å². The zero-order valence-corrected chi connectivity index (χ0v) is 19.2. The van der Waals surface area contributed by atoms with Crippen molar-refractivity contribution >= 4 is 16.9 Å². The van der Waals surface area contributed by atoms with Crippen molar-refractivity contribution in [3.05, 3.63) is 23.8 Å². The zero-order chi connectivity index (χ0) is 21.6. The fraction of sp³-hybridized carbons (Fsp3) is 0.720. The van der Waals surface area contributed by atoms with Crippen LogP contribution in [0.25, 0.3) is 11.0 Å². The van der Waals surface area contributed by atoms with E-state index in [4.69, 9.17) is 5.73 Å². The van der Waals surface area contributed by atoms with Crippen LogP contribution in [-0.4, -0.2) is 20.9 Å². The Balaban J connectivity index is 1.96. The number of primary amides is 1. The fourth-order valence-electron chi connectivity index (χ4n) is 4.32. The second-order valence-corrected chi connectivity index (χ2v) is 8.69. The average molecular weight is 415 g/mol. The van der Waals surface area contributed by atoms with Gasteiger partial charge in [-0.05, 0) is 25.0 Å². The van der Waals surface area contributed by atoms with Crippen molar-refractivity contribution in [1.82, 2.24) is 15.0 Å². The zero-order valence-electron chi connectivity index (χ0n) is 19.2. The molecular weight excluding hydrogens is 372 g/mol. The highest BCUT2D eigenvalue weighted by Crippen LogP contribution is 2.27. The summed E-state index contributed by atoms with van der Waals surface area (Å²) in [5.41, 5.74) is 7.57. The van der Waals surface area contributed by atoms with E-state index in [-0.39, 0.29) is 0 Å². The third-order valence-electron chi connectivity index (χ3n) is 6.15. The molecule has 0 spiro atoms. The van der Waals surface area contributed by atoms with Crippen molar-refractivity contribution in [1.29, 1.82) is 0 Å². The van der Waals surface area contributed by atoms with E-state index in [2.05, 4.69) is 28.8 Å². The SMILES string of the molecule is CCCCCCCCCCC(CCCCCCC)n1nnc2c(C(N)=O)cccc21. The summed E-state index contributed by atoms with van der Waals surface area (Å²) in [5, 5.41) is 8.78. The van der Waals surface area contributed by atoms with Crippen LogP contribution in [0.2, 0.25) is 0 Å². The molecule has 0 aliphatic carbocycles. The highest BCUT2D eigenvalue weighted by Gasteiger charge is 2.18. The molecule has 5 nitrogen and oxygen atoms in total. The van der Waals surface area contributed by atoms with Crippen LogP contribution in [-0.2, 0) is 0 Å². The van der Waals surface area contributed by atoms with Crippen LogP contribution < -0.4 is 5.73 Å². The Bertz CT molecular complexity index is 740.